The van der Waals surface area contributed by atoms with Gasteiger partial charge in [-0.3, -0.25) is 14.9 Å². The molecule has 5 rings (SSSR count). The largest absolute Gasteiger partial charge is 0.586 e. The molecular formula is C18H10F2N4O3. The lowest BCUT2D eigenvalue weighted by molar-refractivity contribution is -0.286. The van der Waals surface area contributed by atoms with Gasteiger partial charge in [0.05, 0.1) is 17.0 Å². The zero-order valence-electron chi connectivity index (χ0n) is 13.5. The Morgan fingerprint density at radius 2 is 1.89 bits per heavy atom. The molecule has 134 valence electrons. The summed E-state index contributed by atoms with van der Waals surface area (Å²) in [5.41, 5.74) is 2.08. The maximum atomic E-state index is 13.2. The molecule has 0 unspecified atom stereocenters. The third kappa shape index (κ3) is 2.51. The second kappa shape index (κ2) is 5.37. The van der Waals surface area contributed by atoms with Crippen molar-refractivity contribution >= 4 is 5.65 Å². The van der Waals surface area contributed by atoms with E-state index in [0.29, 0.717) is 28.2 Å². The Morgan fingerprint density at radius 1 is 1.04 bits per heavy atom. The van der Waals surface area contributed by atoms with Crippen molar-refractivity contribution in [3.05, 3.63) is 65.2 Å². The minimum Gasteiger partial charge on any atom is -0.395 e. The van der Waals surface area contributed by atoms with E-state index in [4.69, 9.17) is 0 Å². The van der Waals surface area contributed by atoms with Gasteiger partial charge in [0, 0.05) is 24.0 Å². The predicted molar refractivity (Wildman–Crippen MR) is 90.7 cm³/mol. The summed E-state index contributed by atoms with van der Waals surface area (Å²) >= 11 is 0. The smallest absolute Gasteiger partial charge is 0.395 e. The van der Waals surface area contributed by atoms with Gasteiger partial charge in [0.25, 0.3) is 5.56 Å². The molecule has 4 heterocycles. The van der Waals surface area contributed by atoms with Gasteiger partial charge in [0.1, 0.15) is 0 Å². The summed E-state index contributed by atoms with van der Waals surface area (Å²) in [6.07, 6.45) is -0.431. The van der Waals surface area contributed by atoms with Gasteiger partial charge in [-0.2, -0.15) is 0 Å². The highest BCUT2D eigenvalue weighted by atomic mass is 19.3. The fourth-order valence-corrected chi connectivity index (χ4v) is 2.95. The molecule has 1 aliphatic heterocycles. The van der Waals surface area contributed by atoms with Gasteiger partial charge in [0.2, 0.25) is 0 Å². The van der Waals surface area contributed by atoms with E-state index in [0.717, 1.165) is 0 Å². The third-order valence-corrected chi connectivity index (χ3v) is 4.14. The number of pyridine rings is 1. The van der Waals surface area contributed by atoms with E-state index in [2.05, 4.69) is 24.5 Å². The normalized spacial score (nSPS) is 14.6. The molecule has 1 N–H and O–H groups in total. The molecule has 0 fully saturated rings. The SMILES string of the molecule is O=c1cc(-c2ccc3c(c2)OC(F)(F)O3)nc2c(-c3ccccn3)c[nH]n12. The molecule has 0 saturated carbocycles. The Bertz CT molecular complexity index is 1230. The van der Waals surface area contributed by atoms with Crippen molar-refractivity contribution in [2.75, 3.05) is 0 Å². The predicted octanol–water partition coefficient (Wildman–Crippen LogP) is 3.07. The zero-order valence-corrected chi connectivity index (χ0v) is 13.5. The zero-order chi connectivity index (χ0) is 18.6. The maximum Gasteiger partial charge on any atom is 0.586 e. The molecule has 0 amide bonds. The van der Waals surface area contributed by atoms with Gasteiger partial charge < -0.3 is 9.47 Å². The van der Waals surface area contributed by atoms with Gasteiger partial charge in [-0.1, -0.05) is 6.07 Å². The van der Waals surface area contributed by atoms with Crippen molar-refractivity contribution in [3.63, 3.8) is 0 Å². The lowest BCUT2D eigenvalue weighted by Crippen LogP contribution is -2.25. The summed E-state index contributed by atoms with van der Waals surface area (Å²) in [5.74, 6) is -0.184. The molecule has 0 bridgehead atoms. The molecular weight excluding hydrogens is 358 g/mol. The van der Waals surface area contributed by atoms with Crippen LogP contribution in [0.4, 0.5) is 8.78 Å². The Hall–Kier alpha value is -3.75. The van der Waals surface area contributed by atoms with Crippen molar-refractivity contribution in [1.29, 1.82) is 0 Å². The van der Waals surface area contributed by atoms with Crippen molar-refractivity contribution in [1.82, 2.24) is 19.6 Å². The van der Waals surface area contributed by atoms with E-state index in [1.54, 1.807) is 24.5 Å². The van der Waals surface area contributed by atoms with Crippen LogP contribution in [0.1, 0.15) is 0 Å². The monoisotopic (exact) mass is 368 g/mol. The molecule has 1 aliphatic rings. The van der Waals surface area contributed by atoms with Crippen LogP contribution in [-0.2, 0) is 0 Å². The molecule has 0 atom stereocenters. The third-order valence-electron chi connectivity index (χ3n) is 4.14. The molecule has 0 spiro atoms. The maximum absolute atomic E-state index is 13.2. The minimum absolute atomic E-state index is 0.0719. The number of H-pyrrole nitrogens is 1. The number of fused-ring (bicyclic) bond motifs is 2. The summed E-state index contributed by atoms with van der Waals surface area (Å²) in [6, 6.07) is 11.0. The summed E-state index contributed by atoms with van der Waals surface area (Å²) in [7, 11) is 0. The number of nitrogens with one attached hydrogen (secondary N) is 1. The van der Waals surface area contributed by atoms with Crippen molar-refractivity contribution < 1.29 is 18.3 Å². The molecule has 0 aliphatic carbocycles. The second-order valence-electron chi connectivity index (χ2n) is 5.87. The molecule has 0 saturated heterocycles. The highest BCUT2D eigenvalue weighted by molar-refractivity contribution is 5.76. The standard InChI is InChI=1S/C18H10F2N4O3/c19-18(20)26-14-5-4-10(7-15(14)27-18)13-8-16(25)24-17(23-13)11(9-22-24)12-3-1-2-6-21-12/h1-9,22H. The number of hydrogen-bond acceptors (Lipinski definition) is 5. The van der Waals surface area contributed by atoms with Crippen molar-refractivity contribution in [2.24, 2.45) is 0 Å². The first-order valence-electron chi connectivity index (χ1n) is 7.93. The average Bonchev–Trinajstić information content (AvgIpc) is 3.21. The van der Waals surface area contributed by atoms with Crippen LogP contribution in [0.3, 0.4) is 0 Å². The van der Waals surface area contributed by atoms with Crippen LogP contribution in [0.2, 0.25) is 0 Å². The van der Waals surface area contributed by atoms with Crippen LogP contribution < -0.4 is 15.0 Å². The highest BCUT2D eigenvalue weighted by Gasteiger charge is 2.43. The van der Waals surface area contributed by atoms with Crippen LogP contribution in [0.25, 0.3) is 28.2 Å². The van der Waals surface area contributed by atoms with Crippen molar-refractivity contribution in [2.45, 2.75) is 6.29 Å². The van der Waals surface area contributed by atoms with Gasteiger partial charge in [-0.15, -0.1) is 8.78 Å². The fraction of sp³-hybridized carbons (Fsp3) is 0.0556. The average molecular weight is 368 g/mol. The summed E-state index contributed by atoms with van der Waals surface area (Å²) < 4.78 is 36.6. The number of aromatic amines is 1. The summed E-state index contributed by atoms with van der Waals surface area (Å²) in [4.78, 5) is 21.2. The number of ether oxygens (including phenoxy) is 2. The lowest BCUT2D eigenvalue weighted by atomic mass is 10.1. The van der Waals surface area contributed by atoms with Crippen molar-refractivity contribution in [3.8, 4) is 34.0 Å². The van der Waals surface area contributed by atoms with E-state index in [9.17, 15) is 13.6 Å². The van der Waals surface area contributed by atoms with E-state index in [1.165, 1.54) is 28.8 Å². The van der Waals surface area contributed by atoms with Crippen LogP contribution >= 0.6 is 0 Å². The van der Waals surface area contributed by atoms with Gasteiger partial charge in [0.15, 0.2) is 17.1 Å². The van der Waals surface area contributed by atoms with E-state index >= 15 is 0 Å². The quantitative estimate of drug-likeness (QED) is 0.588. The molecule has 9 heteroatoms. The number of alkyl halides is 2. The second-order valence-corrected chi connectivity index (χ2v) is 5.87. The minimum atomic E-state index is -3.70. The number of benzene rings is 1. The summed E-state index contributed by atoms with van der Waals surface area (Å²) in [5, 5.41) is 2.84. The van der Waals surface area contributed by atoms with Crippen LogP contribution in [0.15, 0.2) is 59.7 Å². The molecule has 7 nitrogen and oxygen atoms in total. The number of nitrogens with zero attached hydrogens (tertiary/aromatic N) is 3. The van der Waals surface area contributed by atoms with Gasteiger partial charge >= 0.3 is 6.29 Å². The first-order valence-corrected chi connectivity index (χ1v) is 7.93. The van der Waals surface area contributed by atoms with E-state index < -0.39 is 6.29 Å². The van der Waals surface area contributed by atoms with Crippen LogP contribution in [0.5, 0.6) is 11.5 Å². The first kappa shape index (κ1) is 15.5. The molecule has 27 heavy (non-hydrogen) atoms. The highest BCUT2D eigenvalue weighted by Crippen LogP contribution is 2.42. The lowest BCUT2D eigenvalue weighted by Gasteiger charge is -2.04. The Kier molecular flexibility index (Phi) is 3.08. The van der Waals surface area contributed by atoms with Crippen LogP contribution in [-0.4, -0.2) is 25.9 Å². The van der Waals surface area contributed by atoms with E-state index in [1.807, 2.05) is 6.07 Å². The van der Waals surface area contributed by atoms with E-state index in [-0.39, 0.29) is 17.1 Å². The summed E-state index contributed by atoms with van der Waals surface area (Å²) in [6.45, 7) is 0. The molecule has 3 aromatic heterocycles. The number of rotatable bonds is 2. The number of aromatic nitrogens is 4. The van der Waals surface area contributed by atoms with Gasteiger partial charge in [-0.05, 0) is 30.3 Å². The molecule has 0 radical (unpaired) electrons. The topological polar surface area (TPSA) is 81.5 Å². The molecule has 1 aromatic carbocycles. The Morgan fingerprint density at radius 3 is 2.70 bits per heavy atom. The number of hydrogen-bond donors (Lipinski definition) is 1. The Labute approximate surface area is 149 Å². The first-order chi connectivity index (χ1) is 13.0. The fourth-order valence-electron chi connectivity index (χ4n) is 2.95. The number of halogens is 2. The Balaban J connectivity index is 1.66. The van der Waals surface area contributed by atoms with Gasteiger partial charge in [-0.25, -0.2) is 9.50 Å². The van der Waals surface area contributed by atoms with Crippen LogP contribution in [0, 0.1) is 0 Å². The molecule has 4 aromatic rings.